The lowest BCUT2D eigenvalue weighted by atomic mass is 9.84. The van der Waals surface area contributed by atoms with Crippen LogP contribution in [0.2, 0.25) is 0 Å². The molecule has 5 nitrogen and oxygen atoms in total. The number of hydrogen-bond acceptors (Lipinski definition) is 4. The van der Waals surface area contributed by atoms with E-state index in [4.69, 9.17) is 15.2 Å². The van der Waals surface area contributed by atoms with Gasteiger partial charge < -0.3 is 20.5 Å². The van der Waals surface area contributed by atoms with Crippen LogP contribution < -0.4 is 20.5 Å². The minimum atomic E-state index is -0.449. The van der Waals surface area contributed by atoms with Crippen molar-refractivity contribution in [2.45, 2.75) is 38.8 Å². The van der Waals surface area contributed by atoms with Crippen molar-refractivity contribution in [3.05, 3.63) is 23.8 Å². The van der Waals surface area contributed by atoms with Gasteiger partial charge in [0.15, 0.2) is 11.5 Å². The normalized spacial score (nSPS) is 27.6. The molecule has 108 valence electrons. The van der Waals surface area contributed by atoms with Crippen molar-refractivity contribution in [2.24, 2.45) is 11.1 Å². The summed E-state index contributed by atoms with van der Waals surface area (Å²) < 4.78 is 10.8. The number of nitrogens with two attached hydrogens (primary N) is 1. The van der Waals surface area contributed by atoms with Gasteiger partial charge in [0.25, 0.3) is 0 Å². The van der Waals surface area contributed by atoms with E-state index in [1.807, 2.05) is 25.1 Å². The zero-order valence-electron chi connectivity index (χ0n) is 11.6. The highest BCUT2D eigenvalue weighted by Gasteiger charge is 2.42. The highest BCUT2D eigenvalue weighted by atomic mass is 16.7. The Kier molecular flexibility index (Phi) is 3.30. The first-order valence-corrected chi connectivity index (χ1v) is 7.02. The molecular weight excluding hydrogens is 256 g/mol. The Labute approximate surface area is 118 Å². The average molecular weight is 276 g/mol. The molecular formula is C15H20N2O3. The van der Waals surface area contributed by atoms with Gasteiger partial charge in [0.1, 0.15) is 0 Å². The van der Waals surface area contributed by atoms with Crippen molar-refractivity contribution >= 4 is 5.91 Å². The summed E-state index contributed by atoms with van der Waals surface area (Å²) in [6, 6.07) is 5.65. The van der Waals surface area contributed by atoms with Gasteiger partial charge in [-0.05, 0) is 25.8 Å². The third kappa shape index (κ3) is 2.12. The Hall–Kier alpha value is -1.75. The lowest BCUT2D eigenvalue weighted by molar-refractivity contribution is -0.130. The summed E-state index contributed by atoms with van der Waals surface area (Å²) in [5, 5.41) is 2.99. The molecule has 1 aromatic carbocycles. The van der Waals surface area contributed by atoms with E-state index in [0.29, 0.717) is 6.54 Å². The molecule has 0 aromatic heterocycles. The Morgan fingerprint density at radius 3 is 3.10 bits per heavy atom. The molecule has 2 unspecified atom stereocenters. The summed E-state index contributed by atoms with van der Waals surface area (Å²) in [6.45, 7) is 2.63. The van der Waals surface area contributed by atoms with Crippen LogP contribution in [0.1, 0.15) is 31.7 Å². The van der Waals surface area contributed by atoms with Crippen molar-refractivity contribution < 1.29 is 14.3 Å². The minimum absolute atomic E-state index is 0.0269. The van der Waals surface area contributed by atoms with Crippen LogP contribution in [0.4, 0.5) is 0 Å². The fraction of sp³-hybridized carbons (Fsp3) is 0.533. The van der Waals surface area contributed by atoms with E-state index < -0.39 is 5.41 Å². The second-order valence-corrected chi connectivity index (χ2v) is 5.75. The van der Waals surface area contributed by atoms with Crippen molar-refractivity contribution in [2.75, 3.05) is 6.79 Å². The monoisotopic (exact) mass is 276 g/mol. The van der Waals surface area contributed by atoms with Gasteiger partial charge in [-0.1, -0.05) is 18.6 Å². The third-order valence-electron chi connectivity index (χ3n) is 4.47. The molecule has 0 spiro atoms. The largest absolute Gasteiger partial charge is 0.454 e. The highest BCUT2D eigenvalue weighted by molar-refractivity contribution is 5.83. The molecule has 1 heterocycles. The zero-order chi connectivity index (χ0) is 14.2. The number of ether oxygens (including phenoxy) is 2. The first-order valence-electron chi connectivity index (χ1n) is 7.02. The second kappa shape index (κ2) is 4.98. The van der Waals surface area contributed by atoms with Crippen molar-refractivity contribution in [3.63, 3.8) is 0 Å². The number of hydrogen-bond donors (Lipinski definition) is 2. The smallest absolute Gasteiger partial charge is 0.231 e. The van der Waals surface area contributed by atoms with Crippen molar-refractivity contribution in [1.82, 2.24) is 5.32 Å². The van der Waals surface area contributed by atoms with Gasteiger partial charge in [-0.15, -0.1) is 0 Å². The molecule has 1 saturated carbocycles. The van der Waals surface area contributed by atoms with Crippen LogP contribution in [0.25, 0.3) is 0 Å². The maximum Gasteiger partial charge on any atom is 0.231 e. The molecule has 5 heteroatoms. The number of para-hydroxylation sites is 1. The lowest BCUT2D eigenvalue weighted by Gasteiger charge is -2.27. The molecule has 1 fully saturated rings. The highest BCUT2D eigenvalue weighted by Crippen LogP contribution is 2.38. The first kappa shape index (κ1) is 13.2. The minimum Gasteiger partial charge on any atom is -0.454 e. The molecule has 1 aliphatic carbocycles. The quantitative estimate of drug-likeness (QED) is 0.878. The molecule has 1 aromatic rings. The number of carbonyl (C=O) groups excluding carboxylic acids is 1. The summed E-state index contributed by atoms with van der Waals surface area (Å²) >= 11 is 0. The van der Waals surface area contributed by atoms with Gasteiger partial charge in [-0.3, -0.25) is 4.79 Å². The van der Waals surface area contributed by atoms with Crippen molar-refractivity contribution in [1.29, 1.82) is 0 Å². The molecule has 20 heavy (non-hydrogen) atoms. The van der Waals surface area contributed by atoms with Gasteiger partial charge in [0, 0.05) is 18.2 Å². The number of amides is 1. The second-order valence-electron chi connectivity index (χ2n) is 5.75. The van der Waals surface area contributed by atoms with E-state index >= 15 is 0 Å². The summed E-state index contributed by atoms with van der Waals surface area (Å²) in [4.78, 5) is 12.4. The van der Waals surface area contributed by atoms with Crippen LogP contribution in [-0.4, -0.2) is 18.7 Å². The molecule has 1 amide bonds. The number of nitrogens with one attached hydrogen (secondary N) is 1. The summed E-state index contributed by atoms with van der Waals surface area (Å²) in [5.41, 5.74) is 6.55. The zero-order valence-corrected chi connectivity index (χ0v) is 11.6. The Bertz CT molecular complexity index is 532. The van der Waals surface area contributed by atoms with Crippen molar-refractivity contribution in [3.8, 4) is 11.5 Å². The van der Waals surface area contributed by atoms with Crippen LogP contribution in [-0.2, 0) is 11.3 Å². The van der Waals surface area contributed by atoms with Crippen LogP contribution in [0, 0.1) is 5.41 Å². The third-order valence-corrected chi connectivity index (χ3v) is 4.47. The van der Waals surface area contributed by atoms with E-state index in [0.717, 1.165) is 36.3 Å². The van der Waals surface area contributed by atoms with Crippen LogP contribution in [0.15, 0.2) is 18.2 Å². The lowest BCUT2D eigenvalue weighted by Crippen LogP contribution is -2.47. The number of fused-ring (bicyclic) bond motifs is 1. The van der Waals surface area contributed by atoms with Gasteiger partial charge in [0.05, 0.1) is 5.41 Å². The predicted octanol–water partition coefficient (Wildman–Crippen LogP) is 1.55. The van der Waals surface area contributed by atoms with E-state index in [-0.39, 0.29) is 18.7 Å². The first-order chi connectivity index (χ1) is 9.61. The number of carbonyl (C=O) groups is 1. The maximum atomic E-state index is 12.4. The Morgan fingerprint density at radius 1 is 1.50 bits per heavy atom. The fourth-order valence-corrected chi connectivity index (χ4v) is 2.98. The predicted molar refractivity (Wildman–Crippen MR) is 74.3 cm³/mol. The molecule has 3 rings (SSSR count). The molecule has 3 N–H and O–H groups in total. The number of rotatable bonds is 3. The van der Waals surface area contributed by atoms with Gasteiger partial charge in [-0.2, -0.15) is 0 Å². The summed E-state index contributed by atoms with van der Waals surface area (Å²) in [6.07, 6.45) is 2.79. The topological polar surface area (TPSA) is 73.6 Å². The standard InChI is InChI=1S/C15H20N2O3/c1-15(7-3-6-12(15)16)14(18)17-8-10-4-2-5-11-13(10)20-9-19-11/h2,4-5,12H,3,6-9,16H2,1H3,(H,17,18). The average Bonchev–Trinajstić information content (AvgIpc) is 3.04. The van der Waals surface area contributed by atoms with Gasteiger partial charge >= 0.3 is 0 Å². The summed E-state index contributed by atoms with van der Waals surface area (Å²) in [5.74, 6) is 1.49. The van der Waals surface area contributed by atoms with E-state index in [2.05, 4.69) is 5.32 Å². The molecule has 2 aliphatic rings. The molecule has 0 saturated heterocycles. The van der Waals surface area contributed by atoms with Crippen LogP contribution in [0.3, 0.4) is 0 Å². The van der Waals surface area contributed by atoms with E-state index in [9.17, 15) is 4.79 Å². The van der Waals surface area contributed by atoms with Crippen LogP contribution >= 0.6 is 0 Å². The maximum absolute atomic E-state index is 12.4. The van der Waals surface area contributed by atoms with E-state index in [1.54, 1.807) is 0 Å². The summed E-state index contributed by atoms with van der Waals surface area (Å²) in [7, 11) is 0. The SMILES string of the molecule is CC1(C(=O)NCc2cccc3c2OCO3)CCCC1N. The molecule has 2 atom stereocenters. The van der Waals surface area contributed by atoms with E-state index in [1.165, 1.54) is 0 Å². The number of benzene rings is 1. The van der Waals surface area contributed by atoms with Gasteiger partial charge in [-0.25, -0.2) is 0 Å². The Morgan fingerprint density at radius 2 is 2.35 bits per heavy atom. The van der Waals surface area contributed by atoms with Gasteiger partial charge in [0.2, 0.25) is 12.7 Å². The Balaban J connectivity index is 1.68. The van der Waals surface area contributed by atoms with Crippen LogP contribution in [0.5, 0.6) is 11.5 Å². The molecule has 0 bridgehead atoms. The molecule has 1 aliphatic heterocycles. The fourth-order valence-electron chi connectivity index (χ4n) is 2.98. The molecule has 0 radical (unpaired) electrons.